The molecule has 4 rings (SSSR count). The Labute approximate surface area is 201 Å². The minimum Gasteiger partial charge on any atom is -0.497 e. The summed E-state index contributed by atoms with van der Waals surface area (Å²) in [6.45, 7) is 0.0796. The van der Waals surface area contributed by atoms with Crippen molar-refractivity contribution in [2.24, 2.45) is 0 Å². The van der Waals surface area contributed by atoms with Crippen LogP contribution in [-0.2, 0) is 16.0 Å². The van der Waals surface area contributed by atoms with E-state index in [9.17, 15) is 24.9 Å². The Bertz CT molecular complexity index is 1190. The van der Waals surface area contributed by atoms with Crippen molar-refractivity contribution in [1.29, 1.82) is 0 Å². The van der Waals surface area contributed by atoms with Crippen LogP contribution in [0, 0.1) is 0 Å². The third kappa shape index (κ3) is 5.15. The van der Waals surface area contributed by atoms with Crippen molar-refractivity contribution >= 4 is 22.8 Å². The first kappa shape index (κ1) is 24.7. The Hall–Kier alpha value is -3.44. The number of hydrogen-bond donors (Lipinski definition) is 4. The largest absolute Gasteiger partial charge is 0.497 e. The Balaban J connectivity index is 1.62. The van der Waals surface area contributed by atoms with Crippen LogP contribution < -0.4 is 10.1 Å². The van der Waals surface area contributed by atoms with Gasteiger partial charge in [-0.25, -0.2) is 4.79 Å². The molecule has 4 atom stereocenters. The summed E-state index contributed by atoms with van der Waals surface area (Å²) in [5.41, 5.74) is 2.44. The number of benzene rings is 2. The molecule has 3 aromatic rings. The fraction of sp³-hybridized carbons (Fsp3) is 0.360. The molecule has 186 valence electrons. The number of aliphatic hydroxyl groups is 3. The third-order valence-corrected chi connectivity index (χ3v) is 6.12. The van der Waals surface area contributed by atoms with Crippen molar-refractivity contribution < 1.29 is 39.1 Å². The average molecular weight is 485 g/mol. The molecule has 0 spiro atoms. The second-order valence-electron chi connectivity index (χ2n) is 8.38. The van der Waals surface area contributed by atoms with E-state index in [1.54, 1.807) is 30.5 Å². The van der Waals surface area contributed by atoms with Crippen molar-refractivity contribution in [3.05, 3.63) is 65.4 Å². The van der Waals surface area contributed by atoms with E-state index in [0.29, 0.717) is 28.8 Å². The smallest absolute Gasteiger partial charge is 0.337 e. The third-order valence-electron chi connectivity index (χ3n) is 6.12. The van der Waals surface area contributed by atoms with E-state index < -0.39 is 36.4 Å². The van der Waals surface area contributed by atoms with Crippen LogP contribution in [0.1, 0.15) is 32.7 Å². The fourth-order valence-corrected chi connectivity index (χ4v) is 4.23. The quantitative estimate of drug-likeness (QED) is 0.365. The molecule has 0 bridgehead atoms. The zero-order valence-electron chi connectivity index (χ0n) is 19.4. The van der Waals surface area contributed by atoms with Gasteiger partial charge >= 0.3 is 5.97 Å². The van der Waals surface area contributed by atoms with Gasteiger partial charge in [-0.3, -0.25) is 4.79 Å². The predicted molar refractivity (Wildman–Crippen MR) is 125 cm³/mol. The Morgan fingerprint density at radius 3 is 2.51 bits per heavy atom. The van der Waals surface area contributed by atoms with Crippen molar-refractivity contribution in [3.63, 3.8) is 0 Å². The number of hydrogen-bond acceptors (Lipinski definition) is 8. The Morgan fingerprint density at radius 2 is 1.89 bits per heavy atom. The first-order chi connectivity index (χ1) is 16.8. The Kier molecular flexibility index (Phi) is 7.37. The second-order valence-corrected chi connectivity index (χ2v) is 8.38. The van der Waals surface area contributed by atoms with Crippen LogP contribution >= 0.6 is 0 Å². The maximum atomic E-state index is 13.2. The van der Waals surface area contributed by atoms with Crippen LogP contribution in [0.4, 0.5) is 0 Å². The van der Waals surface area contributed by atoms with Crippen LogP contribution in [0.25, 0.3) is 10.9 Å². The maximum Gasteiger partial charge on any atom is 0.337 e. The lowest BCUT2D eigenvalue weighted by Crippen LogP contribution is -2.57. The number of aromatic nitrogens is 1. The van der Waals surface area contributed by atoms with Gasteiger partial charge in [0.05, 0.1) is 44.2 Å². The number of nitrogens with one attached hydrogen (secondary N) is 1. The molecule has 1 saturated heterocycles. The van der Waals surface area contributed by atoms with Crippen LogP contribution in [0.2, 0.25) is 0 Å². The highest BCUT2D eigenvalue weighted by Crippen LogP contribution is 2.28. The number of methoxy groups -OCH3 is 2. The number of carbonyl (C=O) groups excluding carboxylic acids is 2. The summed E-state index contributed by atoms with van der Waals surface area (Å²) in [5, 5.41) is 33.2. The lowest BCUT2D eigenvalue weighted by Gasteiger charge is -2.36. The van der Waals surface area contributed by atoms with E-state index in [1.165, 1.54) is 14.2 Å². The lowest BCUT2D eigenvalue weighted by molar-refractivity contribution is -0.212. The zero-order chi connectivity index (χ0) is 25.1. The normalized spacial score (nSPS) is 22.1. The number of amides is 1. The van der Waals surface area contributed by atoms with Crippen LogP contribution in [0.15, 0.2) is 48.7 Å². The minimum atomic E-state index is -1.46. The molecular weight excluding hydrogens is 456 g/mol. The zero-order valence-corrected chi connectivity index (χ0v) is 19.4. The molecule has 10 nitrogen and oxygen atoms in total. The summed E-state index contributed by atoms with van der Waals surface area (Å²) in [7, 11) is 2.86. The topological polar surface area (TPSA) is 139 Å². The molecule has 1 fully saturated rings. The summed E-state index contributed by atoms with van der Waals surface area (Å²) in [4.78, 5) is 24.9. The van der Waals surface area contributed by atoms with Crippen LogP contribution in [-0.4, -0.2) is 77.1 Å². The average Bonchev–Trinajstić information content (AvgIpc) is 3.23. The fourth-order valence-electron chi connectivity index (χ4n) is 4.23. The van der Waals surface area contributed by atoms with Gasteiger partial charge in [-0.1, -0.05) is 12.1 Å². The Morgan fingerprint density at radius 1 is 1.14 bits per heavy atom. The molecule has 35 heavy (non-hydrogen) atoms. The van der Waals surface area contributed by atoms with Crippen molar-refractivity contribution in [2.75, 3.05) is 20.8 Å². The summed E-state index contributed by atoms with van der Waals surface area (Å²) in [6, 6.07) is 11.3. The predicted octanol–water partition coefficient (Wildman–Crippen LogP) is 1.04. The molecule has 1 aliphatic rings. The van der Waals surface area contributed by atoms with Gasteiger partial charge in [0, 0.05) is 30.1 Å². The summed E-state index contributed by atoms with van der Waals surface area (Å²) in [6.07, 6.45) is -1.49. The van der Waals surface area contributed by atoms with E-state index in [-0.39, 0.29) is 13.0 Å². The molecule has 2 aromatic carbocycles. The van der Waals surface area contributed by atoms with Crippen molar-refractivity contribution in [3.8, 4) is 5.75 Å². The summed E-state index contributed by atoms with van der Waals surface area (Å²) in [5.74, 6) is -0.355. The molecule has 3 unspecified atom stereocenters. The number of ether oxygens (including phenoxy) is 3. The molecule has 0 radical (unpaired) electrons. The standard InChI is InChI=1S/C25H28N2O8/c1-33-16-7-8-20-18(9-16)19(23(30)26-22-21(29)10-17(13-28)35-25(22)32)12-27(20)11-14-3-5-15(6-4-14)24(31)34-2/h3-9,12,17,21-22,25,28-29,32H,10-11,13H2,1-2H3,(H,26,30)/t17?,21?,22-,25?/m1/s1. The van der Waals surface area contributed by atoms with E-state index >= 15 is 0 Å². The number of esters is 1. The highest BCUT2D eigenvalue weighted by molar-refractivity contribution is 6.07. The van der Waals surface area contributed by atoms with E-state index in [1.807, 2.05) is 22.8 Å². The van der Waals surface area contributed by atoms with Gasteiger partial charge < -0.3 is 39.4 Å². The van der Waals surface area contributed by atoms with Gasteiger partial charge in [0.15, 0.2) is 6.29 Å². The minimum absolute atomic E-state index is 0.0790. The summed E-state index contributed by atoms with van der Waals surface area (Å²) >= 11 is 0. The van der Waals surface area contributed by atoms with Gasteiger partial charge in [-0.2, -0.15) is 0 Å². The highest BCUT2D eigenvalue weighted by Gasteiger charge is 2.38. The summed E-state index contributed by atoms with van der Waals surface area (Å²) < 4.78 is 17.2. The first-order valence-electron chi connectivity index (χ1n) is 11.1. The van der Waals surface area contributed by atoms with Crippen molar-refractivity contribution in [2.45, 2.75) is 37.5 Å². The van der Waals surface area contributed by atoms with Crippen LogP contribution in [0.5, 0.6) is 5.75 Å². The van der Waals surface area contributed by atoms with E-state index in [0.717, 1.165) is 11.1 Å². The lowest BCUT2D eigenvalue weighted by atomic mass is 10.00. The number of aliphatic hydroxyl groups excluding tert-OH is 3. The number of carbonyl (C=O) groups is 2. The first-order valence-corrected chi connectivity index (χ1v) is 11.1. The van der Waals surface area contributed by atoms with Gasteiger partial charge in [-0.15, -0.1) is 0 Å². The number of fused-ring (bicyclic) bond motifs is 1. The molecule has 2 heterocycles. The maximum absolute atomic E-state index is 13.2. The molecule has 10 heteroatoms. The van der Waals surface area contributed by atoms with Crippen molar-refractivity contribution in [1.82, 2.24) is 9.88 Å². The molecule has 1 amide bonds. The number of rotatable bonds is 7. The van der Waals surface area contributed by atoms with Gasteiger partial charge in [0.1, 0.15) is 11.8 Å². The highest BCUT2D eigenvalue weighted by atomic mass is 16.6. The molecular formula is C25H28N2O8. The number of nitrogens with zero attached hydrogens (tertiary/aromatic N) is 1. The monoisotopic (exact) mass is 484 g/mol. The molecule has 1 aromatic heterocycles. The SMILES string of the molecule is COC(=O)c1ccc(Cn2cc(C(=O)N[C@@H]3C(O)CC(CO)OC3O)c3cc(OC)ccc32)cc1. The molecule has 0 aliphatic carbocycles. The molecule has 1 aliphatic heterocycles. The van der Waals surface area contributed by atoms with Gasteiger partial charge in [0.2, 0.25) is 0 Å². The second kappa shape index (κ2) is 10.4. The molecule has 0 saturated carbocycles. The van der Waals surface area contributed by atoms with Gasteiger partial charge in [-0.05, 0) is 35.9 Å². The van der Waals surface area contributed by atoms with E-state index in [2.05, 4.69) is 5.32 Å². The van der Waals surface area contributed by atoms with Gasteiger partial charge in [0.25, 0.3) is 5.91 Å². The van der Waals surface area contributed by atoms with Crippen LogP contribution in [0.3, 0.4) is 0 Å². The molecule has 4 N–H and O–H groups in total. The van der Waals surface area contributed by atoms with E-state index in [4.69, 9.17) is 14.2 Å².